The van der Waals surface area contributed by atoms with Gasteiger partial charge in [0.25, 0.3) is 0 Å². The van der Waals surface area contributed by atoms with Gasteiger partial charge < -0.3 is 19.5 Å². The SMILES string of the molecule is CN1CCN(CCOc2ccc(Cc3c(OCC(C)(C)O)ccc4ccccc34)cc2)CC1.Cl. The van der Waals surface area contributed by atoms with Crippen molar-refractivity contribution in [2.45, 2.75) is 25.9 Å². The number of halogens is 1. The lowest BCUT2D eigenvalue weighted by atomic mass is 9.97. The number of hydrogen-bond donors (Lipinski definition) is 1. The molecule has 0 aromatic heterocycles. The second kappa shape index (κ2) is 11.9. The molecule has 1 fully saturated rings. The fourth-order valence-corrected chi connectivity index (χ4v) is 4.16. The van der Waals surface area contributed by atoms with Crippen LogP contribution in [0.1, 0.15) is 25.0 Å². The molecule has 0 saturated carbocycles. The molecule has 3 aromatic carbocycles. The molecule has 1 saturated heterocycles. The largest absolute Gasteiger partial charge is 0.492 e. The van der Waals surface area contributed by atoms with Crippen molar-refractivity contribution in [3.8, 4) is 11.5 Å². The highest BCUT2D eigenvalue weighted by Gasteiger charge is 2.17. The number of hydrogen-bond acceptors (Lipinski definition) is 5. The summed E-state index contributed by atoms with van der Waals surface area (Å²) in [5, 5.41) is 12.5. The van der Waals surface area contributed by atoms with E-state index in [4.69, 9.17) is 9.47 Å². The van der Waals surface area contributed by atoms with E-state index >= 15 is 0 Å². The Morgan fingerprint density at radius 2 is 1.59 bits per heavy atom. The van der Waals surface area contributed by atoms with Gasteiger partial charge in [-0.05, 0) is 55.4 Å². The van der Waals surface area contributed by atoms with Gasteiger partial charge in [-0.25, -0.2) is 0 Å². The Kier molecular flexibility index (Phi) is 9.20. The number of rotatable bonds is 9. The highest BCUT2D eigenvalue weighted by Crippen LogP contribution is 2.31. The number of ether oxygens (including phenoxy) is 2. The molecule has 0 radical (unpaired) electrons. The Balaban J connectivity index is 0.00000324. The number of nitrogens with zero attached hydrogens (tertiary/aromatic N) is 2. The number of benzene rings is 3. The summed E-state index contributed by atoms with van der Waals surface area (Å²) in [7, 11) is 2.18. The van der Waals surface area contributed by atoms with E-state index in [2.05, 4.69) is 71.4 Å². The number of aliphatic hydroxyl groups is 1. The van der Waals surface area contributed by atoms with E-state index in [1.54, 1.807) is 13.8 Å². The van der Waals surface area contributed by atoms with Crippen LogP contribution in [0, 0.1) is 0 Å². The Labute approximate surface area is 209 Å². The summed E-state index contributed by atoms with van der Waals surface area (Å²) in [6, 6.07) is 20.8. The normalized spacial score (nSPS) is 15.2. The maximum Gasteiger partial charge on any atom is 0.123 e. The molecule has 0 bridgehead atoms. The molecule has 0 atom stereocenters. The maximum atomic E-state index is 10.1. The predicted octanol–water partition coefficient (Wildman–Crippen LogP) is 4.63. The van der Waals surface area contributed by atoms with Crippen molar-refractivity contribution in [3.05, 3.63) is 71.8 Å². The molecule has 5 nitrogen and oxygen atoms in total. The van der Waals surface area contributed by atoms with Crippen molar-refractivity contribution in [1.82, 2.24) is 9.80 Å². The second-order valence-corrected chi connectivity index (χ2v) is 9.68. The van der Waals surface area contributed by atoms with Crippen LogP contribution in [0.25, 0.3) is 10.8 Å². The van der Waals surface area contributed by atoms with Crippen molar-refractivity contribution < 1.29 is 14.6 Å². The summed E-state index contributed by atoms with van der Waals surface area (Å²) in [6.45, 7) is 9.93. The average molecular weight is 485 g/mol. The fourth-order valence-electron chi connectivity index (χ4n) is 4.16. The van der Waals surface area contributed by atoms with Crippen LogP contribution in [0.3, 0.4) is 0 Å². The summed E-state index contributed by atoms with van der Waals surface area (Å²) < 4.78 is 12.0. The monoisotopic (exact) mass is 484 g/mol. The van der Waals surface area contributed by atoms with Crippen LogP contribution < -0.4 is 9.47 Å². The second-order valence-electron chi connectivity index (χ2n) is 9.68. The van der Waals surface area contributed by atoms with E-state index in [9.17, 15) is 5.11 Å². The van der Waals surface area contributed by atoms with E-state index in [0.717, 1.165) is 56.2 Å². The molecule has 1 aliphatic rings. The summed E-state index contributed by atoms with van der Waals surface area (Å²) in [5.41, 5.74) is 1.46. The van der Waals surface area contributed by atoms with Crippen molar-refractivity contribution in [3.63, 3.8) is 0 Å². The minimum atomic E-state index is -0.883. The third kappa shape index (κ3) is 7.34. The number of piperazine rings is 1. The van der Waals surface area contributed by atoms with Crippen LogP contribution in [0.15, 0.2) is 60.7 Å². The first-order chi connectivity index (χ1) is 15.9. The van der Waals surface area contributed by atoms with Crippen LogP contribution in [-0.4, -0.2) is 73.5 Å². The summed E-state index contributed by atoms with van der Waals surface area (Å²) in [6.07, 6.45) is 0.754. The maximum absolute atomic E-state index is 10.1. The Morgan fingerprint density at radius 3 is 2.29 bits per heavy atom. The minimum Gasteiger partial charge on any atom is -0.492 e. The molecule has 1 heterocycles. The zero-order valence-electron chi connectivity index (χ0n) is 20.5. The van der Waals surface area contributed by atoms with Crippen LogP contribution >= 0.6 is 12.4 Å². The van der Waals surface area contributed by atoms with Crippen molar-refractivity contribution in [2.24, 2.45) is 0 Å². The van der Waals surface area contributed by atoms with Gasteiger partial charge in [0.05, 0.1) is 5.60 Å². The van der Waals surface area contributed by atoms with E-state index in [-0.39, 0.29) is 19.0 Å². The lowest BCUT2D eigenvalue weighted by Gasteiger charge is -2.32. The highest BCUT2D eigenvalue weighted by molar-refractivity contribution is 5.88. The average Bonchev–Trinajstić information content (AvgIpc) is 2.80. The van der Waals surface area contributed by atoms with Gasteiger partial charge in [-0.2, -0.15) is 0 Å². The van der Waals surface area contributed by atoms with Crippen LogP contribution in [0.4, 0.5) is 0 Å². The lowest BCUT2D eigenvalue weighted by molar-refractivity contribution is 0.0282. The molecule has 184 valence electrons. The van der Waals surface area contributed by atoms with Gasteiger partial charge in [0, 0.05) is 44.7 Å². The van der Waals surface area contributed by atoms with Gasteiger partial charge in [0.1, 0.15) is 24.7 Å². The van der Waals surface area contributed by atoms with Gasteiger partial charge >= 0.3 is 0 Å². The molecule has 1 N–H and O–H groups in total. The Morgan fingerprint density at radius 1 is 0.882 bits per heavy atom. The van der Waals surface area contributed by atoms with E-state index < -0.39 is 5.60 Å². The van der Waals surface area contributed by atoms with Crippen LogP contribution in [-0.2, 0) is 6.42 Å². The molecule has 0 aliphatic carbocycles. The quantitative estimate of drug-likeness (QED) is 0.480. The molecule has 6 heteroatoms. The zero-order chi connectivity index (χ0) is 23.3. The van der Waals surface area contributed by atoms with E-state index in [1.165, 1.54) is 16.3 Å². The van der Waals surface area contributed by atoms with Crippen LogP contribution in [0.5, 0.6) is 11.5 Å². The fraction of sp³-hybridized carbons (Fsp3) is 0.429. The predicted molar refractivity (Wildman–Crippen MR) is 142 cm³/mol. The lowest BCUT2D eigenvalue weighted by Crippen LogP contribution is -2.45. The molecule has 4 rings (SSSR count). The molecular formula is C28H37ClN2O3. The number of likely N-dealkylation sites (N-methyl/N-ethyl adjacent to an activating group) is 1. The molecule has 0 amide bonds. The molecular weight excluding hydrogens is 448 g/mol. The first-order valence-corrected chi connectivity index (χ1v) is 11.9. The Hall–Kier alpha value is -2.31. The van der Waals surface area contributed by atoms with E-state index in [1.807, 2.05) is 6.07 Å². The standard InChI is InChI=1S/C28H36N2O3.ClH/c1-28(2,31)21-33-27-13-10-23-6-4-5-7-25(23)26(27)20-22-8-11-24(12-9-22)32-19-18-30-16-14-29(3)15-17-30;/h4-13,31H,14-21H2,1-3H3;1H. The van der Waals surface area contributed by atoms with Gasteiger partial charge in [0.15, 0.2) is 0 Å². The highest BCUT2D eigenvalue weighted by atomic mass is 35.5. The van der Waals surface area contributed by atoms with Crippen molar-refractivity contribution in [1.29, 1.82) is 0 Å². The summed E-state index contributed by atoms with van der Waals surface area (Å²) >= 11 is 0. The first-order valence-electron chi connectivity index (χ1n) is 11.9. The first kappa shape index (κ1) is 26.3. The van der Waals surface area contributed by atoms with E-state index in [0.29, 0.717) is 6.61 Å². The third-order valence-electron chi connectivity index (χ3n) is 6.15. The van der Waals surface area contributed by atoms with Crippen molar-refractivity contribution >= 4 is 23.2 Å². The molecule has 0 spiro atoms. The van der Waals surface area contributed by atoms with Gasteiger partial charge in [0.2, 0.25) is 0 Å². The molecule has 0 unspecified atom stereocenters. The third-order valence-corrected chi connectivity index (χ3v) is 6.15. The Bertz CT molecular complexity index is 1040. The molecule has 1 aliphatic heterocycles. The van der Waals surface area contributed by atoms with Gasteiger partial charge in [-0.1, -0.05) is 42.5 Å². The van der Waals surface area contributed by atoms with Crippen molar-refractivity contribution in [2.75, 3.05) is 53.0 Å². The summed E-state index contributed by atoms with van der Waals surface area (Å²) in [4.78, 5) is 4.83. The van der Waals surface area contributed by atoms with Gasteiger partial charge in [-0.3, -0.25) is 4.90 Å². The zero-order valence-corrected chi connectivity index (χ0v) is 21.3. The van der Waals surface area contributed by atoms with Gasteiger partial charge in [-0.15, -0.1) is 12.4 Å². The summed E-state index contributed by atoms with van der Waals surface area (Å²) in [5.74, 6) is 1.73. The smallest absolute Gasteiger partial charge is 0.123 e. The number of fused-ring (bicyclic) bond motifs is 1. The van der Waals surface area contributed by atoms with Crippen LogP contribution in [0.2, 0.25) is 0 Å². The molecule has 34 heavy (non-hydrogen) atoms. The minimum absolute atomic E-state index is 0. The topological polar surface area (TPSA) is 45.2 Å². The molecule has 3 aromatic rings.